The predicted molar refractivity (Wildman–Crippen MR) is 72.6 cm³/mol. The lowest BCUT2D eigenvalue weighted by Crippen LogP contribution is -2.68. The Balaban J connectivity index is 2.78. The number of aliphatic hydroxyl groups is 3. The molecule has 0 bridgehead atoms. The highest BCUT2D eigenvalue weighted by atomic mass is 35.5. The topological polar surface area (TPSA) is 140 Å². The average Bonchev–Trinajstić information content (AvgIpc) is 2.44. The zero-order valence-corrected chi connectivity index (χ0v) is 12.2. The Morgan fingerprint density at radius 2 is 1.90 bits per heavy atom. The van der Waals surface area contributed by atoms with Crippen LogP contribution in [0.5, 0.6) is 0 Å². The quantitative estimate of drug-likeness (QED) is 0.308. The predicted octanol–water partition coefficient (Wildman–Crippen LogP) is -2.53. The second-order valence-electron chi connectivity index (χ2n) is 4.57. The molecular weight excluding hydrogens is 306 g/mol. The number of ether oxygens (including phenoxy) is 1. The summed E-state index contributed by atoms with van der Waals surface area (Å²) < 4.78 is 5.30. The van der Waals surface area contributed by atoms with E-state index in [2.05, 4.69) is 16.0 Å². The zero-order valence-electron chi connectivity index (χ0n) is 11.5. The van der Waals surface area contributed by atoms with Gasteiger partial charge in [0.15, 0.2) is 6.23 Å². The lowest BCUT2D eigenvalue weighted by molar-refractivity contribution is -0.199. The number of carbonyl (C=O) groups is 2. The maximum Gasteiger partial charge on any atom is 0.316 e. The van der Waals surface area contributed by atoms with Crippen LogP contribution in [0.2, 0.25) is 0 Å². The first kappa shape index (κ1) is 17.9. The van der Waals surface area contributed by atoms with Crippen molar-refractivity contribution in [3.8, 4) is 0 Å². The molecule has 0 aromatic rings. The van der Waals surface area contributed by atoms with Crippen molar-refractivity contribution in [1.82, 2.24) is 16.0 Å². The molecule has 21 heavy (non-hydrogen) atoms. The molecule has 5 atom stereocenters. The van der Waals surface area contributed by atoms with Gasteiger partial charge in [-0.15, -0.1) is 11.6 Å². The number of hydrogen-bond donors (Lipinski definition) is 6. The molecule has 3 amide bonds. The summed E-state index contributed by atoms with van der Waals surface area (Å²) in [6.07, 6.45) is -4.99. The van der Waals surface area contributed by atoms with E-state index in [0.717, 1.165) is 0 Å². The van der Waals surface area contributed by atoms with Crippen LogP contribution < -0.4 is 16.0 Å². The van der Waals surface area contributed by atoms with Crippen molar-refractivity contribution >= 4 is 23.5 Å². The molecule has 10 heteroatoms. The minimum Gasteiger partial charge on any atom is -0.394 e. The summed E-state index contributed by atoms with van der Waals surface area (Å²) >= 11 is 5.44. The molecule has 1 aliphatic rings. The lowest BCUT2D eigenvalue weighted by atomic mass is 9.96. The molecule has 0 unspecified atom stereocenters. The first-order valence-electron chi connectivity index (χ1n) is 6.40. The van der Waals surface area contributed by atoms with Gasteiger partial charge in [0.25, 0.3) is 0 Å². The molecule has 122 valence electrons. The number of carbonyl (C=O) groups excluding carboxylic acids is 2. The maximum absolute atomic E-state index is 11.6. The standard InChI is InChI=1S/C11H20ClN3O6/c1-5(17)14-7-9(19)8(18)6(4-16)21-10(7)15-11(20)13-3-2-12/h6-10,16,18-19H,2-4H2,1H3,(H,14,17)(H2,13,15,20)/t6-,7+,8-,9-,10-/m1/s1. The Morgan fingerprint density at radius 3 is 2.43 bits per heavy atom. The van der Waals surface area contributed by atoms with E-state index >= 15 is 0 Å². The summed E-state index contributed by atoms with van der Waals surface area (Å²) in [4.78, 5) is 22.8. The van der Waals surface area contributed by atoms with Gasteiger partial charge in [0, 0.05) is 19.3 Å². The SMILES string of the molecule is CC(=O)N[C@H]1[C@@H](O)[C@H](O)[C@@H](CO)O[C@H]1NC(=O)NCCCl. The number of hydrogen-bond acceptors (Lipinski definition) is 6. The van der Waals surface area contributed by atoms with E-state index in [4.69, 9.17) is 21.4 Å². The Labute approximate surface area is 126 Å². The second kappa shape index (κ2) is 8.35. The normalized spacial score (nSPS) is 32.3. The van der Waals surface area contributed by atoms with Crippen LogP contribution in [0.3, 0.4) is 0 Å². The second-order valence-corrected chi connectivity index (χ2v) is 4.95. The van der Waals surface area contributed by atoms with Gasteiger partial charge in [-0.3, -0.25) is 4.79 Å². The molecule has 0 radical (unpaired) electrons. The Kier molecular flexibility index (Phi) is 7.12. The molecule has 0 aromatic carbocycles. The zero-order chi connectivity index (χ0) is 16.0. The van der Waals surface area contributed by atoms with Gasteiger partial charge in [-0.25, -0.2) is 4.79 Å². The molecule has 0 aromatic heterocycles. The smallest absolute Gasteiger partial charge is 0.316 e. The fourth-order valence-corrected chi connectivity index (χ4v) is 2.07. The van der Waals surface area contributed by atoms with Gasteiger partial charge in [0.1, 0.15) is 24.4 Å². The number of amides is 3. The van der Waals surface area contributed by atoms with E-state index in [9.17, 15) is 19.8 Å². The van der Waals surface area contributed by atoms with Crippen molar-refractivity contribution in [3.05, 3.63) is 0 Å². The molecule has 9 nitrogen and oxygen atoms in total. The van der Waals surface area contributed by atoms with Crippen LogP contribution in [0.15, 0.2) is 0 Å². The molecule has 0 saturated carbocycles. The number of aliphatic hydroxyl groups excluding tert-OH is 3. The Morgan fingerprint density at radius 1 is 1.24 bits per heavy atom. The van der Waals surface area contributed by atoms with E-state index in [1.165, 1.54) is 6.92 Å². The number of nitrogens with one attached hydrogen (secondary N) is 3. The van der Waals surface area contributed by atoms with Crippen LogP contribution in [0.25, 0.3) is 0 Å². The Hall–Kier alpha value is -1.13. The van der Waals surface area contributed by atoms with Gasteiger partial charge >= 0.3 is 6.03 Å². The first-order valence-corrected chi connectivity index (χ1v) is 6.94. The highest BCUT2D eigenvalue weighted by Crippen LogP contribution is 2.19. The van der Waals surface area contributed by atoms with Crippen LogP contribution in [0.4, 0.5) is 4.79 Å². The van der Waals surface area contributed by atoms with Crippen LogP contribution in [-0.2, 0) is 9.53 Å². The lowest BCUT2D eigenvalue weighted by Gasteiger charge is -2.42. The summed E-state index contributed by atoms with van der Waals surface area (Å²) in [5.41, 5.74) is 0. The van der Waals surface area contributed by atoms with Crippen molar-refractivity contribution in [3.63, 3.8) is 0 Å². The maximum atomic E-state index is 11.6. The molecule has 1 aliphatic heterocycles. The molecule has 0 spiro atoms. The molecule has 1 heterocycles. The van der Waals surface area contributed by atoms with Crippen molar-refractivity contribution in [2.24, 2.45) is 0 Å². The number of urea groups is 1. The first-order chi connectivity index (χ1) is 9.90. The van der Waals surface area contributed by atoms with Crippen LogP contribution in [-0.4, -0.2) is 76.9 Å². The Bertz CT molecular complexity index is 372. The van der Waals surface area contributed by atoms with E-state index in [1.807, 2.05) is 0 Å². The van der Waals surface area contributed by atoms with Gasteiger partial charge in [-0.05, 0) is 0 Å². The van der Waals surface area contributed by atoms with Crippen molar-refractivity contribution in [2.75, 3.05) is 19.0 Å². The summed E-state index contributed by atoms with van der Waals surface area (Å²) in [6.45, 7) is 0.897. The number of rotatable bonds is 5. The third kappa shape index (κ3) is 4.97. The molecule has 0 aliphatic carbocycles. The van der Waals surface area contributed by atoms with E-state index < -0.39 is 49.1 Å². The number of alkyl halides is 1. The summed E-state index contributed by atoms with van der Waals surface area (Å²) in [7, 11) is 0. The van der Waals surface area contributed by atoms with Gasteiger partial charge < -0.3 is 36.0 Å². The third-order valence-corrected chi connectivity index (χ3v) is 3.14. The minimum absolute atomic E-state index is 0.217. The summed E-state index contributed by atoms with van der Waals surface area (Å²) in [5.74, 6) is -0.250. The van der Waals surface area contributed by atoms with E-state index in [0.29, 0.717) is 0 Å². The highest BCUT2D eigenvalue weighted by Gasteiger charge is 2.45. The monoisotopic (exact) mass is 325 g/mol. The third-order valence-electron chi connectivity index (χ3n) is 2.95. The number of halogens is 1. The molecule has 1 fully saturated rings. The molecule has 1 saturated heterocycles. The van der Waals surface area contributed by atoms with E-state index in [1.54, 1.807) is 0 Å². The van der Waals surface area contributed by atoms with E-state index in [-0.39, 0.29) is 12.4 Å². The minimum atomic E-state index is -1.40. The fourth-order valence-electron chi connectivity index (χ4n) is 1.98. The summed E-state index contributed by atoms with van der Waals surface area (Å²) in [5, 5.41) is 36.1. The summed E-state index contributed by atoms with van der Waals surface area (Å²) in [6, 6.07) is -1.67. The van der Waals surface area contributed by atoms with Crippen LogP contribution in [0, 0.1) is 0 Å². The van der Waals surface area contributed by atoms with Gasteiger partial charge in [0.05, 0.1) is 6.61 Å². The van der Waals surface area contributed by atoms with Gasteiger partial charge in [0.2, 0.25) is 5.91 Å². The molecular formula is C11H20ClN3O6. The van der Waals surface area contributed by atoms with Gasteiger partial charge in [-0.1, -0.05) is 0 Å². The fraction of sp³-hybridized carbons (Fsp3) is 0.818. The largest absolute Gasteiger partial charge is 0.394 e. The van der Waals surface area contributed by atoms with Crippen LogP contribution in [0.1, 0.15) is 6.92 Å². The van der Waals surface area contributed by atoms with Gasteiger partial charge in [-0.2, -0.15) is 0 Å². The molecule has 6 N–H and O–H groups in total. The highest BCUT2D eigenvalue weighted by molar-refractivity contribution is 6.18. The van der Waals surface area contributed by atoms with Crippen LogP contribution >= 0.6 is 11.6 Å². The van der Waals surface area contributed by atoms with Crippen molar-refractivity contribution in [1.29, 1.82) is 0 Å². The van der Waals surface area contributed by atoms with Crippen molar-refractivity contribution in [2.45, 2.75) is 37.5 Å². The van der Waals surface area contributed by atoms with Crippen molar-refractivity contribution < 1.29 is 29.6 Å². The molecule has 1 rings (SSSR count). The average molecular weight is 326 g/mol.